The molecule has 0 amide bonds. The molecule has 0 aliphatic heterocycles. The van der Waals surface area contributed by atoms with Crippen LogP contribution >= 0.6 is 0 Å². The number of hydrogen-bond acceptors (Lipinski definition) is 3. The average Bonchev–Trinajstić information content (AvgIpc) is 4.17. The standard InChI is InChI=1S/C64H34N4O2/c1-66-44-30-43(36-65)64(68-54-27-23-40(32-52(54)63-46-13-5-3-11-38(46)21-29-56(63)68)42-19-25-50-48-15-7-9-17-59(48)70-61(50)34-42)57(35-44)67-53-26-22-39(31-51(53)62-45-12-4-2-10-37(45)20-28-55(62)67)41-18-24-49-47-14-6-8-16-58(47)69-60(49)33-41/h2-35H. The molecule has 0 N–H and O–H groups in total. The fourth-order valence-electron chi connectivity index (χ4n) is 11.4. The minimum absolute atomic E-state index is 0.385. The summed E-state index contributed by atoms with van der Waals surface area (Å²) < 4.78 is 17.2. The van der Waals surface area contributed by atoms with E-state index in [1.807, 2.05) is 42.5 Å². The summed E-state index contributed by atoms with van der Waals surface area (Å²) in [4.78, 5) is 3.98. The van der Waals surface area contributed by atoms with Gasteiger partial charge in [-0.25, -0.2) is 4.85 Å². The number of nitriles is 1. The normalized spacial score (nSPS) is 12.0. The van der Waals surface area contributed by atoms with Gasteiger partial charge in [-0.2, -0.15) is 5.26 Å². The van der Waals surface area contributed by atoms with Gasteiger partial charge in [-0.05, 0) is 129 Å². The molecule has 6 heteroatoms. The molecule has 0 radical (unpaired) electrons. The first kappa shape index (κ1) is 38.2. The Hall–Kier alpha value is -9.88. The van der Waals surface area contributed by atoms with Gasteiger partial charge in [0.1, 0.15) is 28.4 Å². The Labute approximate surface area is 399 Å². The summed E-state index contributed by atoms with van der Waals surface area (Å²) in [6.45, 7) is 8.36. The van der Waals surface area contributed by atoms with Crippen molar-refractivity contribution < 1.29 is 8.83 Å². The van der Waals surface area contributed by atoms with Crippen molar-refractivity contribution in [2.45, 2.75) is 0 Å². The van der Waals surface area contributed by atoms with E-state index in [2.05, 4.69) is 178 Å². The van der Waals surface area contributed by atoms with Crippen molar-refractivity contribution in [1.29, 1.82) is 5.26 Å². The van der Waals surface area contributed by atoms with Gasteiger partial charge < -0.3 is 18.0 Å². The SMILES string of the molecule is [C-]#[N+]c1cc(C#N)c(-n2c3ccc(-c4ccc5c(c4)oc4ccccc45)cc3c3c4ccccc4ccc32)c(-n2c3ccc(-c4ccc5c(c4)oc4ccccc45)cc3c3c4ccccc4ccc32)c1. The van der Waals surface area contributed by atoms with Crippen LogP contribution in [0.25, 0.3) is 148 Å². The van der Waals surface area contributed by atoms with Gasteiger partial charge in [-0.3, -0.25) is 0 Å². The number of fused-ring (bicyclic) bond motifs is 16. The first-order valence-electron chi connectivity index (χ1n) is 23.3. The molecule has 0 atom stereocenters. The second kappa shape index (κ2) is 14.3. The van der Waals surface area contributed by atoms with Gasteiger partial charge in [0, 0.05) is 43.1 Å². The van der Waals surface area contributed by atoms with Crippen LogP contribution in [0.4, 0.5) is 5.69 Å². The summed E-state index contributed by atoms with van der Waals surface area (Å²) in [6.07, 6.45) is 0. The molecule has 11 aromatic carbocycles. The second-order valence-electron chi connectivity index (χ2n) is 18.2. The molecule has 0 saturated carbocycles. The quantitative estimate of drug-likeness (QED) is 0.165. The van der Waals surface area contributed by atoms with E-state index in [1.54, 1.807) is 6.07 Å². The van der Waals surface area contributed by atoms with Crippen LogP contribution in [0.15, 0.2) is 215 Å². The Bertz CT molecular complexity index is 4870. The summed E-state index contributed by atoms with van der Waals surface area (Å²) in [5, 5.41) is 24.4. The van der Waals surface area contributed by atoms with E-state index in [0.717, 1.165) is 137 Å². The Morgan fingerprint density at radius 1 is 0.386 bits per heavy atom. The molecule has 0 spiro atoms. The first-order chi connectivity index (χ1) is 34.6. The van der Waals surface area contributed by atoms with Crippen molar-refractivity contribution >= 4 is 115 Å². The highest BCUT2D eigenvalue weighted by molar-refractivity contribution is 6.24. The summed E-state index contributed by atoms with van der Waals surface area (Å²) in [7, 11) is 0. The van der Waals surface area contributed by atoms with Gasteiger partial charge in [-0.15, -0.1) is 0 Å². The largest absolute Gasteiger partial charge is 0.456 e. The molecule has 0 unspecified atom stereocenters. The summed E-state index contributed by atoms with van der Waals surface area (Å²) in [6, 6.07) is 74.5. The van der Waals surface area contributed by atoms with Crippen molar-refractivity contribution in [3.05, 3.63) is 223 Å². The molecule has 4 aromatic heterocycles. The number of para-hydroxylation sites is 2. The number of hydrogen-bond donors (Lipinski definition) is 0. The van der Waals surface area contributed by atoms with E-state index < -0.39 is 0 Å². The van der Waals surface area contributed by atoms with E-state index in [4.69, 9.17) is 15.4 Å². The van der Waals surface area contributed by atoms with Crippen LogP contribution in [0.3, 0.4) is 0 Å². The number of benzene rings is 11. The van der Waals surface area contributed by atoms with Crippen molar-refractivity contribution in [1.82, 2.24) is 9.13 Å². The van der Waals surface area contributed by atoms with Crippen LogP contribution in [-0.4, -0.2) is 9.13 Å². The van der Waals surface area contributed by atoms with Gasteiger partial charge in [-0.1, -0.05) is 121 Å². The third-order valence-electron chi connectivity index (χ3n) is 14.5. The number of rotatable bonds is 4. The van der Waals surface area contributed by atoms with Crippen molar-refractivity contribution in [3.8, 4) is 39.7 Å². The zero-order chi connectivity index (χ0) is 46.2. The van der Waals surface area contributed by atoms with E-state index in [1.165, 1.54) is 0 Å². The third-order valence-corrected chi connectivity index (χ3v) is 14.5. The van der Waals surface area contributed by atoms with Crippen LogP contribution in [0.2, 0.25) is 0 Å². The summed E-state index contributed by atoms with van der Waals surface area (Å²) >= 11 is 0. The lowest BCUT2D eigenvalue weighted by atomic mass is 9.99. The fourth-order valence-corrected chi connectivity index (χ4v) is 11.4. The Kier molecular flexibility index (Phi) is 7.82. The Morgan fingerprint density at radius 2 is 0.829 bits per heavy atom. The van der Waals surface area contributed by atoms with Crippen molar-refractivity contribution in [2.24, 2.45) is 0 Å². The maximum atomic E-state index is 11.3. The zero-order valence-electron chi connectivity index (χ0n) is 37.2. The van der Waals surface area contributed by atoms with Gasteiger partial charge in [0.2, 0.25) is 0 Å². The highest BCUT2D eigenvalue weighted by Crippen LogP contribution is 2.46. The minimum Gasteiger partial charge on any atom is -0.456 e. The number of nitrogens with zero attached hydrogens (tertiary/aromatic N) is 4. The van der Waals surface area contributed by atoms with Crippen molar-refractivity contribution in [3.63, 3.8) is 0 Å². The third kappa shape index (κ3) is 5.36. The van der Waals surface area contributed by atoms with E-state index in [-0.39, 0.29) is 0 Å². The molecule has 0 saturated heterocycles. The van der Waals surface area contributed by atoms with Gasteiger partial charge in [0.25, 0.3) is 0 Å². The molecule has 6 nitrogen and oxygen atoms in total. The fraction of sp³-hybridized carbons (Fsp3) is 0. The molecule has 0 aliphatic carbocycles. The molecule has 0 fully saturated rings. The van der Waals surface area contributed by atoms with E-state index >= 15 is 0 Å². The lowest BCUT2D eigenvalue weighted by Gasteiger charge is -2.19. The average molecular weight is 891 g/mol. The highest BCUT2D eigenvalue weighted by Gasteiger charge is 2.25. The first-order valence-corrected chi connectivity index (χ1v) is 23.3. The van der Waals surface area contributed by atoms with Crippen LogP contribution in [0.1, 0.15) is 5.56 Å². The van der Waals surface area contributed by atoms with E-state index in [0.29, 0.717) is 16.9 Å². The maximum absolute atomic E-state index is 11.3. The molecule has 0 aliphatic rings. The second-order valence-corrected chi connectivity index (χ2v) is 18.2. The molecule has 15 rings (SSSR count). The predicted molar refractivity (Wildman–Crippen MR) is 287 cm³/mol. The molecule has 322 valence electrons. The van der Waals surface area contributed by atoms with Gasteiger partial charge >= 0.3 is 0 Å². The molecule has 0 bridgehead atoms. The lowest BCUT2D eigenvalue weighted by Crippen LogP contribution is -2.06. The lowest BCUT2D eigenvalue weighted by molar-refractivity contribution is 0.668. The molecular formula is C64H34N4O2. The minimum atomic E-state index is 0.385. The predicted octanol–water partition coefficient (Wildman–Crippen LogP) is 17.7. The van der Waals surface area contributed by atoms with Crippen LogP contribution < -0.4 is 0 Å². The zero-order valence-corrected chi connectivity index (χ0v) is 37.2. The molecule has 15 aromatic rings. The van der Waals surface area contributed by atoms with Gasteiger partial charge in [0.05, 0.1) is 45.6 Å². The topological polar surface area (TPSA) is 64.3 Å². The molecular weight excluding hydrogens is 857 g/mol. The molecule has 4 heterocycles. The van der Waals surface area contributed by atoms with Crippen LogP contribution in [-0.2, 0) is 0 Å². The smallest absolute Gasteiger partial charge is 0.190 e. The highest BCUT2D eigenvalue weighted by atomic mass is 16.3. The monoisotopic (exact) mass is 890 g/mol. The number of furan rings is 2. The van der Waals surface area contributed by atoms with Crippen molar-refractivity contribution in [2.75, 3.05) is 0 Å². The Morgan fingerprint density at radius 3 is 1.37 bits per heavy atom. The van der Waals surface area contributed by atoms with E-state index in [9.17, 15) is 5.26 Å². The molecule has 70 heavy (non-hydrogen) atoms. The number of aromatic nitrogens is 2. The van der Waals surface area contributed by atoms with Crippen LogP contribution in [0, 0.1) is 17.9 Å². The summed E-state index contributed by atoms with van der Waals surface area (Å²) in [5.41, 5.74) is 13.7. The van der Waals surface area contributed by atoms with Crippen LogP contribution in [0.5, 0.6) is 0 Å². The Balaban J connectivity index is 1.01. The summed E-state index contributed by atoms with van der Waals surface area (Å²) in [5.74, 6) is 0. The maximum Gasteiger partial charge on any atom is 0.190 e. The van der Waals surface area contributed by atoms with Gasteiger partial charge in [0.15, 0.2) is 5.69 Å².